The van der Waals surface area contributed by atoms with Crippen LogP contribution in [0.4, 0.5) is 10.5 Å². The molecule has 1 amide bonds. The number of hydrogen-bond donors (Lipinski definition) is 0. The zero-order valence-corrected chi connectivity index (χ0v) is 16.7. The number of nitrogens with zero attached hydrogens (tertiary/aromatic N) is 4. The van der Waals surface area contributed by atoms with Crippen molar-refractivity contribution >= 4 is 22.8 Å². The molecule has 3 heterocycles. The number of hydrogen-bond acceptors (Lipinski definition) is 4. The van der Waals surface area contributed by atoms with Gasteiger partial charge < -0.3 is 9.30 Å². The van der Waals surface area contributed by atoms with Crippen LogP contribution in [0.15, 0.2) is 29.4 Å². The van der Waals surface area contributed by atoms with Gasteiger partial charge in [0.05, 0.1) is 5.69 Å². The van der Waals surface area contributed by atoms with Crippen molar-refractivity contribution in [3.63, 3.8) is 0 Å². The number of aryl methyl sites for hydroxylation is 3. The number of benzene rings is 1. The first-order valence-electron chi connectivity index (χ1n) is 9.16. The van der Waals surface area contributed by atoms with Gasteiger partial charge in [-0.3, -0.25) is 4.90 Å². The van der Waals surface area contributed by atoms with Crippen LogP contribution in [-0.2, 0) is 29.4 Å². The Morgan fingerprint density at radius 3 is 2.63 bits per heavy atom. The number of rotatable bonds is 3. The van der Waals surface area contributed by atoms with E-state index in [-0.39, 0.29) is 12.1 Å². The normalized spacial score (nSPS) is 19.7. The van der Waals surface area contributed by atoms with E-state index < -0.39 is 11.0 Å². The van der Waals surface area contributed by atoms with Gasteiger partial charge in [0.2, 0.25) is 0 Å². The molecule has 1 fully saturated rings. The highest BCUT2D eigenvalue weighted by atomic mass is 32.2. The minimum absolute atomic E-state index is 0.0537. The molecule has 0 N–H and O–H groups in total. The van der Waals surface area contributed by atoms with E-state index in [0.29, 0.717) is 24.7 Å². The molecule has 1 unspecified atom stereocenters. The lowest BCUT2D eigenvalue weighted by Crippen LogP contribution is -2.49. The number of anilines is 1. The number of ether oxygens (including phenoxy) is 1. The summed E-state index contributed by atoms with van der Waals surface area (Å²) < 4.78 is 22.0. The van der Waals surface area contributed by atoms with Crippen molar-refractivity contribution in [3.8, 4) is 0 Å². The molecule has 8 heteroatoms. The first-order chi connectivity index (χ1) is 12.9. The Balaban J connectivity index is 1.48. The van der Waals surface area contributed by atoms with E-state index in [0.717, 1.165) is 35.5 Å². The summed E-state index contributed by atoms with van der Waals surface area (Å²) in [6, 6.07) is 6.16. The van der Waals surface area contributed by atoms with Gasteiger partial charge in [-0.25, -0.2) is 18.3 Å². The minimum atomic E-state index is -1.27. The Morgan fingerprint density at radius 2 is 1.96 bits per heavy atom. The second kappa shape index (κ2) is 7.09. The average Bonchev–Trinajstić information content (AvgIpc) is 3.00. The summed E-state index contributed by atoms with van der Waals surface area (Å²) in [7, 11) is 0.630. The van der Waals surface area contributed by atoms with Crippen LogP contribution in [0.25, 0.3) is 0 Å². The summed E-state index contributed by atoms with van der Waals surface area (Å²) in [4.78, 5) is 18.6. The molecule has 1 aromatic carbocycles. The average molecular weight is 388 g/mol. The molecule has 4 rings (SSSR count). The SMILES string of the molecule is Cc1ccc2c(c1)COC(=O)N2C1CCN(S(=O)c2cn(C)c(C)n2)CC1. The minimum Gasteiger partial charge on any atom is -0.444 e. The van der Waals surface area contributed by atoms with E-state index in [4.69, 9.17) is 4.74 Å². The fourth-order valence-corrected chi connectivity index (χ4v) is 4.99. The summed E-state index contributed by atoms with van der Waals surface area (Å²) in [5.41, 5.74) is 3.14. The molecule has 0 bridgehead atoms. The van der Waals surface area contributed by atoms with Gasteiger partial charge in [-0.15, -0.1) is 0 Å². The third-order valence-electron chi connectivity index (χ3n) is 5.33. The fraction of sp³-hybridized carbons (Fsp3) is 0.474. The zero-order chi connectivity index (χ0) is 19.1. The molecule has 0 saturated carbocycles. The predicted octanol–water partition coefficient (Wildman–Crippen LogP) is 2.68. The monoisotopic (exact) mass is 388 g/mol. The molecule has 0 aliphatic carbocycles. The van der Waals surface area contributed by atoms with Crippen molar-refractivity contribution in [3.05, 3.63) is 41.3 Å². The molecule has 144 valence electrons. The molecule has 1 aromatic heterocycles. The summed E-state index contributed by atoms with van der Waals surface area (Å²) in [6.07, 6.45) is 3.03. The summed E-state index contributed by atoms with van der Waals surface area (Å²) >= 11 is 0. The van der Waals surface area contributed by atoms with E-state index in [1.165, 1.54) is 0 Å². The van der Waals surface area contributed by atoms with Crippen molar-refractivity contribution in [2.24, 2.45) is 7.05 Å². The Bertz CT molecular complexity index is 883. The molecule has 1 atom stereocenters. The highest BCUT2D eigenvalue weighted by Crippen LogP contribution is 2.33. The molecule has 0 radical (unpaired) electrons. The van der Waals surface area contributed by atoms with Crippen LogP contribution >= 0.6 is 0 Å². The van der Waals surface area contributed by atoms with Crippen molar-refractivity contribution in [1.29, 1.82) is 0 Å². The number of piperidine rings is 1. The van der Waals surface area contributed by atoms with Gasteiger partial charge in [-0.05, 0) is 32.8 Å². The van der Waals surface area contributed by atoms with Gasteiger partial charge in [-0.2, -0.15) is 0 Å². The molecule has 0 spiro atoms. The van der Waals surface area contributed by atoms with Crippen LogP contribution in [0.2, 0.25) is 0 Å². The Hall–Kier alpha value is -2.19. The highest BCUT2D eigenvalue weighted by molar-refractivity contribution is 7.82. The number of imidazole rings is 1. The Labute approximate surface area is 161 Å². The predicted molar refractivity (Wildman–Crippen MR) is 103 cm³/mol. The van der Waals surface area contributed by atoms with E-state index in [2.05, 4.69) is 11.1 Å². The first kappa shape index (κ1) is 18.2. The number of cyclic esters (lactones) is 1. The molecule has 2 aromatic rings. The summed E-state index contributed by atoms with van der Waals surface area (Å²) in [5.74, 6) is 0.844. The van der Waals surface area contributed by atoms with Gasteiger partial charge in [0.15, 0.2) is 5.03 Å². The van der Waals surface area contributed by atoms with Gasteiger partial charge >= 0.3 is 6.09 Å². The Kier molecular flexibility index (Phi) is 4.77. The van der Waals surface area contributed by atoms with Crippen molar-refractivity contribution in [1.82, 2.24) is 13.9 Å². The largest absolute Gasteiger partial charge is 0.444 e. The third-order valence-corrected chi connectivity index (χ3v) is 6.72. The smallest absolute Gasteiger partial charge is 0.414 e. The van der Waals surface area contributed by atoms with E-state index in [1.54, 1.807) is 4.90 Å². The molecule has 2 aliphatic heterocycles. The molecule has 1 saturated heterocycles. The zero-order valence-electron chi connectivity index (χ0n) is 15.8. The quantitative estimate of drug-likeness (QED) is 0.811. The summed E-state index contributed by atoms with van der Waals surface area (Å²) in [5, 5.41) is 0.589. The van der Waals surface area contributed by atoms with E-state index in [9.17, 15) is 9.00 Å². The van der Waals surface area contributed by atoms with Crippen molar-refractivity contribution in [2.75, 3.05) is 18.0 Å². The van der Waals surface area contributed by atoms with Crippen LogP contribution in [0.1, 0.15) is 29.8 Å². The van der Waals surface area contributed by atoms with Gasteiger partial charge in [0.1, 0.15) is 23.4 Å². The van der Waals surface area contributed by atoms with Crippen LogP contribution in [0, 0.1) is 13.8 Å². The number of carbonyl (C=O) groups is 1. The third kappa shape index (κ3) is 3.39. The molecular weight excluding hydrogens is 364 g/mol. The van der Waals surface area contributed by atoms with Crippen molar-refractivity contribution < 1.29 is 13.7 Å². The maximum atomic E-state index is 12.8. The molecular formula is C19H24N4O3S. The lowest BCUT2D eigenvalue weighted by molar-refractivity contribution is 0.136. The number of amides is 1. The van der Waals surface area contributed by atoms with Gasteiger partial charge in [0, 0.05) is 37.9 Å². The van der Waals surface area contributed by atoms with Gasteiger partial charge in [0.25, 0.3) is 0 Å². The van der Waals surface area contributed by atoms with Crippen LogP contribution in [0.5, 0.6) is 0 Å². The first-order valence-corrected chi connectivity index (χ1v) is 10.3. The lowest BCUT2D eigenvalue weighted by atomic mass is 10.0. The highest BCUT2D eigenvalue weighted by Gasteiger charge is 2.35. The lowest BCUT2D eigenvalue weighted by Gasteiger charge is -2.39. The van der Waals surface area contributed by atoms with Crippen LogP contribution in [0.3, 0.4) is 0 Å². The van der Waals surface area contributed by atoms with E-state index >= 15 is 0 Å². The maximum Gasteiger partial charge on any atom is 0.414 e. The molecule has 2 aliphatic rings. The second-order valence-corrected chi connectivity index (χ2v) is 8.64. The topological polar surface area (TPSA) is 67.7 Å². The van der Waals surface area contributed by atoms with E-state index in [1.807, 2.05) is 48.1 Å². The summed E-state index contributed by atoms with van der Waals surface area (Å²) in [6.45, 7) is 5.56. The van der Waals surface area contributed by atoms with Gasteiger partial charge in [-0.1, -0.05) is 17.7 Å². The number of aromatic nitrogens is 2. The van der Waals surface area contributed by atoms with Crippen LogP contribution < -0.4 is 4.90 Å². The standard InChI is InChI=1S/C19H24N4O3S/c1-13-4-5-17-15(10-13)12-26-19(24)23(17)16-6-8-22(9-7-16)27(25)18-11-21(3)14(2)20-18/h4-5,10-11,16H,6-9,12H2,1-3H3. The van der Waals surface area contributed by atoms with Crippen LogP contribution in [-0.4, -0.2) is 43.3 Å². The Morgan fingerprint density at radius 1 is 1.22 bits per heavy atom. The molecule has 7 nitrogen and oxygen atoms in total. The maximum absolute atomic E-state index is 12.8. The fourth-order valence-electron chi connectivity index (χ4n) is 3.73. The molecule has 27 heavy (non-hydrogen) atoms. The number of carbonyl (C=O) groups excluding carboxylic acids is 1. The second-order valence-electron chi connectivity index (χ2n) is 7.20. The number of fused-ring (bicyclic) bond motifs is 1. The van der Waals surface area contributed by atoms with Crippen molar-refractivity contribution in [2.45, 2.75) is 44.4 Å².